The molecule has 0 aliphatic carbocycles. The summed E-state index contributed by atoms with van der Waals surface area (Å²) in [7, 11) is 2.13. The van der Waals surface area contributed by atoms with Gasteiger partial charge in [-0.15, -0.1) is 0 Å². The number of likely N-dealkylation sites (tertiary alicyclic amines) is 1. The molecule has 0 saturated carbocycles. The molecule has 10 nitrogen and oxygen atoms in total. The molecule has 3 N–H and O–H groups in total. The molecule has 0 radical (unpaired) electrons. The number of nitrogens with one attached hydrogen (secondary N) is 3. The minimum Gasteiger partial charge on any atom is -0.381 e. The van der Waals surface area contributed by atoms with Crippen LogP contribution in [0.3, 0.4) is 0 Å². The van der Waals surface area contributed by atoms with Crippen LogP contribution in [-0.4, -0.2) is 76.5 Å². The zero-order valence-corrected chi connectivity index (χ0v) is 23.6. The van der Waals surface area contributed by atoms with Gasteiger partial charge in [-0.25, -0.2) is 4.98 Å². The van der Waals surface area contributed by atoms with Crippen LogP contribution in [0.4, 0.5) is 23.3 Å². The van der Waals surface area contributed by atoms with Gasteiger partial charge in [0.1, 0.15) is 5.82 Å². The summed E-state index contributed by atoms with van der Waals surface area (Å²) in [6, 6.07) is 11.8. The van der Waals surface area contributed by atoms with Crippen LogP contribution < -0.4 is 15.5 Å². The smallest absolute Gasteiger partial charge is 0.225 e. The van der Waals surface area contributed by atoms with E-state index in [-0.39, 0.29) is 6.04 Å². The molecule has 2 aromatic heterocycles. The van der Waals surface area contributed by atoms with Gasteiger partial charge in [0, 0.05) is 73.4 Å². The quantitative estimate of drug-likeness (QED) is 0.319. The van der Waals surface area contributed by atoms with Gasteiger partial charge in [0.15, 0.2) is 5.82 Å². The third kappa shape index (κ3) is 6.26. The molecule has 2 aliphatic heterocycles. The van der Waals surface area contributed by atoms with E-state index in [0.29, 0.717) is 30.4 Å². The van der Waals surface area contributed by atoms with Crippen molar-refractivity contribution >= 4 is 34.2 Å². The number of piperidine rings is 1. The Kier molecular flexibility index (Phi) is 8.48. The average Bonchev–Trinajstić information content (AvgIpc) is 3.33. The summed E-state index contributed by atoms with van der Waals surface area (Å²) in [5, 5.41) is 24.6. The summed E-state index contributed by atoms with van der Waals surface area (Å²) in [6.07, 6.45) is 4.71. The average molecular weight is 532 g/mol. The molecule has 39 heavy (non-hydrogen) atoms. The zero-order chi connectivity index (χ0) is 27.4. The molecule has 0 amide bonds. The van der Waals surface area contributed by atoms with Crippen LogP contribution in [0.5, 0.6) is 0 Å². The van der Waals surface area contributed by atoms with Crippen LogP contribution in [0.2, 0.25) is 0 Å². The third-order valence-corrected chi connectivity index (χ3v) is 8.12. The number of nitrogens with zero attached hydrogens (tertiary/aromatic N) is 6. The Hall–Kier alpha value is -3.42. The highest BCUT2D eigenvalue weighted by Crippen LogP contribution is 2.32. The van der Waals surface area contributed by atoms with Crippen molar-refractivity contribution in [2.45, 2.75) is 71.0 Å². The van der Waals surface area contributed by atoms with Gasteiger partial charge in [-0.3, -0.25) is 10.00 Å². The second-order valence-electron chi connectivity index (χ2n) is 11.0. The first-order chi connectivity index (χ1) is 19.0. The first-order valence-electron chi connectivity index (χ1n) is 14.3. The van der Waals surface area contributed by atoms with E-state index >= 15 is 0 Å². The van der Waals surface area contributed by atoms with Crippen molar-refractivity contribution in [2.75, 3.05) is 48.9 Å². The molecule has 208 valence electrons. The molecular weight excluding hydrogens is 490 g/mol. The molecule has 3 aromatic rings. The number of H-pyrrole nitrogens is 1. The molecule has 10 heteroatoms. The van der Waals surface area contributed by atoms with E-state index in [1.807, 2.05) is 13.0 Å². The predicted molar refractivity (Wildman–Crippen MR) is 155 cm³/mol. The summed E-state index contributed by atoms with van der Waals surface area (Å²) in [4.78, 5) is 14.8. The van der Waals surface area contributed by atoms with E-state index in [2.05, 4.69) is 75.8 Å². The molecular formula is C29H41N9O. The number of benzene rings is 1. The summed E-state index contributed by atoms with van der Waals surface area (Å²) in [5.74, 6) is 2.67. The highest BCUT2D eigenvalue weighted by Gasteiger charge is 2.34. The standard InChI is InChI=1S/C29H41N9O/c1-5-22-13-21(14-23(6-2)38(22)11-7-10-30)31-29-32-26-15-24(37(4)16-20-17-39-18-20)8-9-25(26)28(34-29)33-27-12-19(3)35-36-27/h8-9,12,15,20-23H,5-7,11,13-14,16-18H2,1-4H3,(H3,31,32,33,34,35,36). The summed E-state index contributed by atoms with van der Waals surface area (Å²) >= 11 is 0. The number of fused-ring (bicyclic) bond motifs is 1. The zero-order valence-electron chi connectivity index (χ0n) is 23.6. The Morgan fingerprint density at radius 1 is 1.15 bits per heavy atom. The Labute approximate surface area is 231 Å². The van der Waals surface area contributed by atoms with Gasteiger partial charge >= 0.3 is 0 Å². The van der Waals surface area contributed by atoms with Gasteiger partial charge in [-0.1, -0.05) is 13.8 Å². The minimum atomic E-state index is 0.264. The number of aromatic amines is 1. The lowest BCUT2D eigenvalue weighted by molar-refractivity contribution is -0.0272. The Morgan fingerprint density at radius 3 is 2.54 bits per heavy atom. The number of aromatic nitrogens is 4. The van der Waals surface area contributed by atoms with Gasteiger partial charge < -0.3 is 20.3 Å². The predicted octanol–water partition coefficient (Wildman–Crippen LogP) is 4.83. The highest BCUT2D eigenvalue weighted by atomic mass is 16.5. The molecule has 0 bridgehead atoms. The minimum absolute atomic E-state index is 0.264. The Bertz CT molecular complexity index is 1280. The SMILES string of the molecule is CCC1CC(Nc2nc(Nc3cc(C)[nH]n3)c3ccc(N(C)CC4COC4)cc3n2)CC(CC)N1CCC#N. The van der Waals surface area contributed by atoms with Crippen LogP contribution in [0.25, 0.3) is 10.9 Å². The molecule has 2 fully saturated rings. The number of hydrogen-bond donors (Lipinski definition) is 3. The topological polar surface area (TPSA) is 118 Å². The monoisotopic (exact) mass is 531 g/mol. The van der Waals surface area contributed by atoms with Crippen LogP contribution >= 0.6 is 0 Å². The van der Waals surface area contributed by atoms with E-state index in [9.17, 15) is 0 Å². The lowest BCUT2D eigenvalue weighted by Gasteiger charge is -2.45. The molecule has 4 heterocycles. The van der Waals surface area contributed by atoms with Gasteiger partial charge in [-0.05, 0) is 50.8 Å². The largest absolute Gasteiger partial charge is 0.381 e. The maximum atomic E-state index is 9.17. The Balaban J connectivity index is 1.43. The van der Waals surface area contributed by atoms with E-state index < -0.39 is 0 Å². The van der Waals surface area contributed by atoms with E-state index in [0.717, 1.165) is 85.9 Å². The van der Waals surface area contributed by atoms with Crippen molar-refractivity contribution in [3.8, 4) is 6.07 Å². The van der Waals surface area contributed by atoms with E-state index in [4.69, 9.17) is 20.0 Å². The third-order valence-electron chi connectivity index (χ3n) is 8.12. The van der Waals surface area contributed by atoms with Gasteiger partial charge in [0.05, 0.1) is 24.8 Å². The number of anilines is 4. The molecule has 0 spiro atoms. The second-order valence-corrected chi connectivity index (χ2v) is 11.0. The summed E-state index contributed by atoms with van der Waals surface area (Å²) < 4.78 is 5.37. The van der Waals surface area contributed by atoms with Crippen LogP contribution in [0.1, 0.15) is 51.6 Å². The maximum absolute atomic E-state index is 9.17. The molecule has 2 saturated heterocycles. The van der Waals surface area contributed by atoms with Crippen molar-refractivity contribution in [3.63, 3.8) is 0 Å². The fraction of sp³-hybridized carbons (Fsp3) is 0.586. The van der Waals surface area contributed by atoms with Crippen LogP contribution in [0, 0.1) is 24.2 Å². The number of rotatable bonds is 11. The fourth-order valence-corrected chi connectivity index (χ4v) is 5.97. The fourth-order valence-electron chi connectivity index (χ4n) is 5.97. The van der Waals surface area contributed by atoms with Crippen molar-refractivity contribution in [2.24, 2.45) is 5.92 Å². The summed E-state index contributed by atoms with van der Waals surface area (Å²) in [5.41, 5.74) is 3.00. The van der Waals surface area contributed by atoms with Crippen molar-refractivity contribution < 1.29 is 4.74 Å². The van der Waals surface area contributed by atoms with Gasteiger partial charge in [-0.2, -0.15) is 15.3 Å². The normalized spacial score (nSPS) is 21.9. The van der Waals surface area contributed by atoms with Crippen LogP contribution in [-0.2, 0) is 4.74 Å². The number of aryl methyl sites for hydroxylation is 1. The van der Waals surface area contributed by atoms with Crippen LogP contribution in [0.15, 0.2) is 24.3 Å². The number of ether oxygens (including phenoxy) is 1. The van der Waals surface area contributed by atoms with E-state index in [1.54, 1.807) is 0 Å². The lowest BCUT2D eigenvalue weighted by Crippen LogP contribution is -2.52. The summed E-state index contributed by atoms with van der Waals surface area (Å²) in [6.45, 7) is 9.93. The second kappa shape index (κ2) is 12.2. The maximum Gasteiger partial charge on any atom is 0.225 e. The van der Waals surface area contributed by atoms with Gasteiger partial charge in [0.25, 0.3) is 0 Å². The molecule has 2 unspecified atom stereocenters. The first kappa shape index (κ1) is 27.2. The van der Waals surface area contributed by atoms with E-state index in [1.165, 1.54) is 0 Å². The van der Waals surface area contributed by atoms with Gasteiger partial charge in [0.2, 0.25) is 5.95 Å². The first-order valence-corrected chi connectivity index (χ1v) is 14.3. The number of nitriles is 1. The highest BCUT2D eigenvalue weighted by molar-refractivity contribution is 5.93. The van der Waals surface area contributed by atoms with Crippen molar-refractivity contribution in [1.82, 2.24) is 25.1 Å². The van der Waals surface area contributed by atoms with Crippen molar-refractivity contribution in [1.29, 1.82) is 5.26 Å². The van der Waals surface area contributed by atoms with Crippen molar-refractivity contribution in [3.05, 3.63) is 30.0 Å². The molecule has 5 rings (SSSR count). The number of hydrogen-bond acceptors (Lipinski definition) is 9. The molecule has 2 aliphatic rings. The lowest BCUT2D eigenvalue weighted by atomic mass is 9.88. The molecule has 2 atom stereocenters. The molecule has 1 aromatic carbocycles. The Morgan fingerprint density at radius 2 is 1.92 bits per heavy atom.